The van der Waals surface area contributed by atoms with Gasteiger partial charge in [-0.25, -0.2) is 4.79 Å². The van der Waals surface area contributed by atoms with Crippen LogP contribution < -0.4 is 4.74 Å². The molecule has 1 aliphatic rings. The summed E-state index contributed by atoms with van der Waals surface area (Å²) in [6.45, 7) is 6.10. The van der Waals surface area contributed by atoms with Gasteiger partial charge in [0.05, 0.1) is 13.0 Å². The van der Waals surface area contributed by atoms with Gasteiger partial charge >= 0.3 is 12.1 Å². The highest BCUT2D eigenvalue weighted by Gasteiger charge is 2.37. The van der Waals surface area contributed by atoms with E-state index in [0.717, 1.165) is 11.3 Å². The van der Waals surface area contributed by atoms with E-state index in [1.54, 1.807) is 27.9 Å². The predicted octanol–water partition coefficient (Wildman–Crippen LogP) is 3.20. The minimum Gasteiger partial charge on any atom is -0.497 e. The molecule has 1 fully saturated rings. The number of ether oxygens (including phenoxy) is 2. The largest absolute Gasteiger partial charge is 0.497 e. The Hall–Kier alpha value is -2.24. The monoisotopic (exact) mass is 349 g/mol. The average Bonchev–Trinajstić information content (AvgIpc) is 2.54. The third-order valence-electron chi connectivity index (χ3n) is 4.38. The van der Waals surface area contributed by atoms with Crippen molar-refractivity contribution in [1.29, 1.82) is 0 Å². The Balaban J connectivity index is 2.03. The molecule has 0 bridgehead atoms. The van der Waals surface area contributed by atoms with Gasteiger partial charge in [-0.2, -0.15) is 0 Å². The third-order valence-corrected chi connectivity index (χ3v) is 4.38. The number of carboxylic acids is 1. The van der Waals surface area contributed by atoms with Crippen LogP contribution in [0.3, 0.4) is 0 Å². The Kier molecular flexibility index (Phi) is 5.93. The molecule has 2 rings (SSSR count). The van der Waals surface area contributed by atoms with Crippen LogP contribution in [0.15, 0.2) is 24.3 Å². The Labute approximate surface area is 148 Å². The molecule has 6 heteroatoms. The number of likely N-dealkylation sites (tertiary alicyclic amines) is 1. The van der Waals surface area contributed by atoms with Gasteiger partial charge < -0.3 is 19.5 Å². The molecular weight excluding hydrogens is 322 g/mol. The number of rotatable bonds is 4. The fraction of sp³-hybridized carbons (Fsp3) is 0.579. The van der Waals surface area contributed by atoms with Crippen molar-refractivity contribution in [3.05, 3.63) is 29.8 Å². The van der Waals surface area contributed by atoms with Crippen LogP contribution in [0, 0.1) is 11.8 Å². The van der Waals surface area contributed by atoms with Gasteiger partial charge in [-0.05, 0) is 57.2 Å². The Morgan fingerprint density at radius 3 is 2.40 bits per heavy atom. The van der Waals surface area contributed by atoms with Gasteiger partial charge in [0.1, 0.15) is 11.4 Å². The van der Waals surface area contributed by atoms with Crippen molar-refractivity contribution in [2.24, 2.45) is 11.8 Å². The zero-order valence-electron chi connectivity index (χ0n) is 15.3. The summed E-state index contributed by atoms with van der Waals surface area (Å²) in [4.78, 5) is 25.4. The van der Waals surface area contributed by atoms with Crippen LogP contribution in [0.2, 0.25) is 0 Å². The maximum atomic E-state index is 12.2. The molecule has 0 saturated carbocycles. The zero-order chi connectivity index (χ0) is 18.6. The number of carbonyl (C=O) groups excluding carboxylic acids is 1. The van der Waals surface area contributed by atoms with E-state index >= 15 is 0 Å². The van der Waals surface area contributed by atoms with Crippen LogP contribution in [0.5, 0.6) is 5.75 Å². The fourth-order valence-electron chi connectivity index (χ4n) is 3.08. The van der Waals surface area contributed by atoms with Crippen molar-refractivity contribution in [1.82, 2.24) is 4.90 Å². The molecule has 1 heterocycles. The van der Waals surface area contributed by atoms with Crippen LogP contribution in [0.1, 0.15) is 32.8 Å². The summed E-state index contributed by atoms with van der Waals surface area (Å²) in [5.41, 5.74) is 0.484. The molecule has 2 atom stereocenters. The van der Waals surface area contributed by atoms with Crippen LogP contribution in [-0.4, -0.2) is 47.9 Å². The van der Waals surface area contributed by atoms with E-state index in [0.29, 0.717) is 19.4 Å². The molecule has 1 aromatic carbocycles. The maximum absolute atomic E-state index is 12.2. The van der Waals surface area contributed by atoms with Crippen LogP contribution >= 0.6 is 0 Å². The number of amides is 1. The normalized spacial score (nSPS) is 20.9. The minimum atomic E-state index is -0.869. The lowest BCUT2D eigenvalue weighted by atomic mass is 9.81. The van der Waals surface area contributed by atoms with Gasteiger partial charge in [0.15, 0.2) is 0 Å². The SMILES string of the molecule is COc1ccc(CC2CCN(C(=O)OC(C)(C)C)CC2C(=O)O)cc1. The van der Waals surface area contributed by atoms with Gasteiger partial charge in [0.2, 0.25) is 0 Å². The average molecular weight is 349 g/mol. The van der Waals surface area contributed by atoms with Gasteiger partial charge in [0.25, 0.3) is 0 Å². The first kappa shape index (κ1) is 19.1. The van der Waals surface area contributed by atoms with Crippen molar-refractivity contribution in [2.75, 3.05) is 20.2 Å². The van der Waals surface area contributed by atoms with E-state index in [9.17, 15) is 14.7 Å². The number of nitrogens with zero attached hydrogens (tertiary/aromatic N) is 1. The molecule has 138 valence electrons. The number of benzene rings is 1. The van der Waals surface area contributed by atoms with Crippen molar-refractivity contribution in [3.8, 4) is 5.75 Å². The highest BCUT2D eigenvalue weighted by atomic mass is 16.6. The number of hydrogen-bond acceptors (Lipinski definition) is 4. The highest BCUT2D eigenvalue weighted by Crippen LogP contribution is 2.29. The van der Waals surface area contributed by atoms with Crippen LogP contribution in [-0.2, 0) is 16.0 Å². The summed E-state index contributed by atoms with van der Waals surface area (Å²) in [6, 6.07) is 7.66. The summed E-state index contributed by atoms with van der Waals surface area (Å²) < 4.78 is 10.5. The Morgan fingerprint density at radius 1 is 1.24 bits per heavy atom. The van der Waals surface area contributed by atoms with Gasteiger partial charge in [-0.15, -0.1) is 0 Å². The second-order valence-electron chi connectivity index (χ2n) is 7.47. The molecule has 6 nitrogen and oxygen atoms in total. The lowest BCUT2D eigenvalue weighted by Crippen LogP contribution is -2.48. The number of aliphatic carboxylic acids is 1. The summed E-state index contributed by atoms with van der Waals surface area (Å²) in [6.07, 6.45) is 0.868. The summed E-state index contributed by atoms with van der Waals surface area (Å²) in [7, 11) is 1.61. The molecule has 25 heavy (non-hydrogen) atoms. The smallest absolute Gasteiger partial charge is 0.410 e. The van der Waals surface area contributed by atoms with Crippen molar-refractivity contribution in [3.63, 3.8) is 0 Å². The second-order valence-corrected chi connectivity index (χ2v) is 7.47. The van der Waals surface area contributed by atoms with E-state index in [4.69, 9.17) is 9.47 Å². The number of carboxylic acid groups (broad SMARTS) is 1. The Bertz CT molecular complexity index is 605. The topological polar surface area (TPSA) is 76.1 Å². The molecule has 1 saturated heterocycles. The molecule has 0 radical (unpaired) electrons. The minimum absolute atomic E-state index is 0.00965. The van der Waals surface area contributed by atoms with Gasteiger partial charge in [-0.1, -0.05) is 12.1 Å². The second kappa shape index (κ2) is 7.76. The summed E-state index contributed by atoms with van der Waals surface area (Å²) in [5, 5.41) is 9.60. The van der Waals surface area contributed by atoms with Gasteiger partial charge in [0, 0.05) is 13.1 Å². The first-order valence-corrected chi connectivity index (χ1v) is 8.53. The summed E-state index contributed by atoms with van der Waals surface area (Å²) >= 11 is 0. The molecule has 0 spiro atoms. The van der Waals surface area contributed by atoms with E-state index in [2.05, 4.69) is 0 Å². The molecule has 0 aromatic heterocycles. The first-order chi connectivity index (χ1) is 11.7. The number of methoxy groups -OCH3 is 1. The molecule has 1 aliphatic heterocycles. The lowest BCUT2D eigenvalue weighted by molar-refractivity contribution is -0.145. The van der Waals surface area contributed by atoms with Crippen molar-refractivity contribution in [2.45, 2.75) is 39.2 Å². The molecule has 1 N–H and O–H groups in total. The van der Waals surface area contributed by atoms with E-state index in [1.165, 1.54) is 4.90 Å². The van der Waals surface area contributed by atoms with Crippen molar-refractivity contribution >= 4 is 12.1 Å². The lowest BCUT2D eigenvalue weighted by Gasteiger charge is -2.37. The van der Waals surface area contributed by atoms with E-state index in [-0.39, 0.29) is 12.5 Å². The molecule has 1 amide bonds. The standard InChI is InChI=1S/C19H27NO5/c1-19(2,3)25-18(23)20-10-9-14(16(12-20)17(21)22)11-13-5-7-15(24-4)8-6-13/h5-8,14,16H,9-12H2,1-4H3,(H,21,22). The van der Waals surface area contributed by atoms with Crippen LogP contribution in [0.4, 0.5) is 4.79 Å². The molecule has 1 aromatic rings. The van der Waals surface area contributed by atoms with E-state index in [1.807, 2.05) is 24.3 Å². The van der Waals surface area contributed by atoms with Gasteiger partial charge in [-0.3, -0.25) is 4.79 Å². The van der Waals surface area contributed by atoms with E-state index < -0.39 is 23.6 Å². The van der Waals surface area contributed by atoms with Crippen molar-refractivity contribution < 1.29 is 24.2 Å². The number of piperidine rings is 1. The molecule has 0 aliphatic carbocycles. The quantitative estimate of drug-likeness (QED) is 0.903. The molecular formula is C19H27NO5. The first-order valence-electron chi connectivity index (χ1n) is 8.53. The number of carbonyl (C=O) groups is 2. The highest BCUT2D eigenvalue weighted by molar-refractivity contribution is 5.73. The third kappa shape index (κ3) is 5.37. The predicted molar refractivity (Wildman–Crippen MR) is 93.7 cm³/mol. The zero-order valence-corrected chi connectivity index (χ0v) is 15.3. The Morgan fingerprint density at radius 2 is 1.88 bits per heavy atom. The fourth-order valence-corrected chi connectivity index (χ4v) is 3.08. The maximum Gasteiger partial charge on any atom is 0.410 e. The number of hydrogen-bond donors (Lipinski definition) is 1. The molecule has 2 unspecified atom stereocenters. The summed E-state index contributed by atoms with van der Waals surface area (Å²) in [5.74, 6) is -0.696. The van der Waals surface area contributed by atoms with Crippen LogP contribution in [0.25, 0.3) is 0 Å².